The number of carbonyl (C=O) groups is 2. The molecule has 2 aromatic rings. The number of anilines is 1. The highest BCUT2D eigenvalue weighted by molar-refractivity contribution is 6.04. The molecule has 108 valence electrons. The zero-order valence-electron chi connectivity index (χ0n) is 11.4. The summed E-state index contributed by atoms with van der Waals surface area (Å²) in [6, 6.07) is 11.2. The third-order valence-corrected chi connectivity index (χ3v) is 2.64. The Morgan fingerprint density at radius 1 is 1.14 bits per heavy atom. The van der Waals surface area contributed by atoms with Crippen molar-refractivity contribution in [1.29, 1.82) is 0 Å². The van der Waals surface area contributed by atoms with Crippen molar-refractivity contribution in [3.8, 4) is 5.75 Å². The van der Waals surface area contributed by atoms with Crippen LogP contribution in [0.3, 0.4) is 0 Å². The fourth-order valence-electron chi connectivity index (χ4n) is 1.72. The predicted octanol–water partition coefficient (Wildman–Crippen LogP) is 2.43. The number of aromatic nitrogens is 1. The topological polar surface area (TPSA) is 88.5 Å². The lowest BCUT2D eigenvalue weighted by Gasteiger charge is -2.11. The Morgan fingerprint density at radius 2 is 1.86 bits per heavy atom. The van der Waals surface area contributed by atoms with E-state index in [9.17, 15) is 9.59 Å². The molecule has 0 saturated carbocycles. The van der Waals surface area contributed by atoms with E-state index < -0.39 is 11.9 Å². The van der Waals surface area contributed by atoms with Crippen LogP contribution in [0.2, 0.25) is 0 Å². The largest absolute Gasteiger partial charge is 0.492 e. The molecular weight excluding hydrogens is 272 g/mol. The van der Waals surface area contributed by atoms with Crippen LogP contribution in [-0.4, -0.2) is 28.6 Å². The number of pyridine rings is 1. The number of carboxylic acid groups (broad SMARTS) is 1. The van der Waals surface area contributed by atoms with Crippen molar-refractivity contribution in [2.45, 2.75) is 6.92 Å². The number of amides is 1. The minimum absolute atomic E-state index is 0.0289. The molecule has 21 heavy (non-hydrogen) atoms. The lowest BCUT2D eigenvalue weighted by atomic mass is 10.2. The molecule has 0 spiro atoms. The molecule has 0 aliphatic heterocycles. The van der Waals surface area contributed by atoms with Crippen LogP contribution in [0.4, 0.5) is 5.69 Å². The summed E-state index contributed by atoms with van der Waals surface area (Å²) in [5, 5.41) is 11.5. The van der Waals surface area contributed by atoms with Gasteiger partial charge in [0.2, 0.25) is 0 Å². The van der Waals surface area contributed by atoms with Gasteiger partial charge in [-0.2, -0.15) is 0 Å². The smallest absolute Gasteiger partial charge is 0.354 e. The fourth-order valence-corrected chi connectivity index (χ4v) is 1.72. The van der Waals surface area contributed by atoms with Crippen molar-refractivity contribution >= 4 is 17.6 Å². The van der Waals surface area contributed by atoms with Gasteiger partial charge in [0.05, 0.1) is 12.3 Å². The molecule has 0 unspecified atom stereocenters. The Balaban J connectivity index is 2.22. The molecule has 0 atom stereocenters. The van der Waals surface area contributed by atoms with Gasteiger partial charge in [-0.05, 0) is 31.2 Å². The second kappa shape index (κ2) is 6.51. The number of hydrogen-bond acceptors (Lipinski definition) is 4. The van der Waals surface area contributed by atoms with Crippen LogP contribution >= 0.6 is 0 Å². The minimum atomic E-state index is -1.18. The Hall–Kier alpha value is -2.89. The molecule has 0 bridgehead atoms. The predicted molar refractivity (Wildman–Crippen MR) is 76.8 cm³/mol. The van der Waals surface area contributed by atoms with Crippen molar-refractivity contribution in [1.82, 2.24) is 4.98 Å². The van der Waals surface area contributed by atoms with Crippen molar-refractivity contribution in [2.24, 2.45) is 0 Å². The van der Waals surface area contributed by atoms with Crippen molar-refractivity contribution in [3.63, 3.8) is 0 Å². The van der Waals surface area contributed by atoms with Crippen LogP contribution in [0.15, 0.2) is 42.5 Å². The fraction of sp³-hybridized carbons (Fsp3) is 0.133. The minimum Gasteiger partial charge on any atom is -0.492 e. The van der Waals surface area contributed by atoms with E-state index >= 15 is 0 Å². The Bertz CT molecular complexity index is 670. The van der Waals surface area contributed by atoms with E-state index in [1.807, 2.05) is 6.92 Å². The second-order valence-electron chi connectivity index (χ2n) is 4.10. The van der Waals surface area contributed by atoms with Gasteiger partial charge in [-0.1, -0.05) is 18.2 Å². The van der Waals surface area contributed by atoms with Crippen LogP contribution < -0.4 is 10.1 Å². The molecule has 2 rings (SSSR count). The Morgan fingerprint density at radius 3 is 2.57 bits per heavy atom. The van der Waals surface area contributed by atoms with E-state index in [4.69, 9.17) is 9.84 Å². The lowest BCUT2D eigenvalue weighted by Crippen LogP contribution is -2.16. The summed E-state index contributed by atoms with van der Waals surface area (Å²) >= 11 is 0. The van der Waals surface area contributed by atoms with Crippen LogP contribution in [0.5, 0.6) is 5.75 Å². The molecule has 0 radical (unpaired) electrons. The first-order valence-electron chi connectivity index (χ1n) is 6.35. The SMILES string of the molecule is CCOc1ccccc1NC(=O)c1cccc(C(=O)O)n1. The van der Waals surface area contributed by atoms with Gasteiger partial charge in [-0.15, -0.1) is 0 Å². The van der Waals surface area contributed by atoms with Gasteiger partial charge in [0.25, 0.3) is 5.91 Å². The third-order valence-electron chi connectivity index (χ3n) is 2.64. The average Bonchev–Trinajstić information content (AvgIpc) is 2.49. The summed E-state index contributed by atoms with van der Waals surface area (Å²) in [7, 11) is 0. The van der Waals surface area contributed by atoms with Crippen molar-refractivity contribution < 1.29 is 19.4 Å². The normalized spacial score (nSPS) is 9.95. The first kappa shape index (κ1) is 14.5. The number of para-hydroxylation sites is 2. The number of carbonyl (C=O) groups excluding carboxylic acids is 1. The Kier molecular flexibility index (Phi) is 4.50. The summed E-state index contributed by atoms with van der Waals surface area (Å²) < 4.78 is 5.41. The van der Waals surface area contributed by atoms with Crippen LogP contribution in [0.1, 0.15) is 27.9 Å². The number of rotatable bonds is 5. The number of hydrogen-bond donors (Lipinski definition) is 2. The summed E-state index contributed by atoms with van der Waals surface area (Å²) in [6.45, 7) is 2.32. The van der Waals surface area contributed by atoms with Gasteiger partial charge in [-0.3, -0.25) is 4.79 Å². The molecule has 2 N–H and O–H groups in total. The van der Waals surface area contributed by atoms with Crippen molar-refractivity contribution in [2.75, 3.05) is 11.9 Å². The van der Waals surface area contributed by atoms with Crippen LogP contribution in [-0.2, 0) is 0 Å². The number of nitrogens with one attached hydrogen (secondary N) is 1. The molecule has 6 nitrogen and oxygen atoms in total. The number of benzene rings is 1. The van der Waals surface area contributed by atoms with E-state index in [1.54, 1.807) is 24.3 Å². The van der Waals surface area contributed by atoms with E-state index in [2.05, 4.69) is 10.3 Å². The standard InChI is InChI=1S/C15H14N2O4/c1-2-21-13-9-4-3-6-10(13)17-14(18)11-7-5-8-12(16-11)15(19)20/h3-9H,2H2,1H3,(H,17,18)(H,19,20). The molecule has 0 aliphatic rings. The number of nitrogens with zero attached hydrogens (tertiary/aromatic N) is 1. The highest BCUT2D eigenvalue weighted by Gasteiger charge is 2.13. The molecule has 0 aliphatic carbocycles. The zero-order chi connectivity index (χ0) is 15.2. The molecule has 1 aromatic heterocycles. The van der Waals surface area contributed by atoms with Gasteiger partial charge < -0.3 is 15.2 Å². The lowest BCUT2D eigenvalue weighted by molar-refractivity contribution is 0.0690. The monoisotopic (exact) mass is 286 g/mol. The average molecular weight is 286 g/mol. The second-order valence-corrected chi connectivity index (χ2v) is 4.10. The first-order chi connectivity index (χ1) is 10.1. The molecule has 1 heterocycles. The van der Waals surface area contributed by atoms with Crippen molar-refractivity contribution in [3.05, 3.63) is 53.9 Å². The molecular formula is C15H14N2O4. The summed E-state index contributed by atoms with van der Waals surface area (Å²) in [6.07, 6.45) is 0. The molecule has 0 fully saturated rings. The van der Waals surface area contributed by atoms with E-state index in [1.165, 1.54) is 18.2 Å². The maximum Gasteiger partial charge on any atom is 0.354 e. The highest BCUT2D eigenvalue weighted by atomic mass is 16.5. The molecule has 1 amide bonds. The van der Waals surface area contributed by atoms with E-state index in [0.29, 0.717) is 18.0 Å². The molecule has 0 saturated heterocycles. The van der Waals surface area contributed by atoms with E-state index in [-0.39, 0.29) is 11.4 Å². The first-order valence-corrected chi connectivity index (χ1v) is 6.35. The van der Waals surface area contributed by atoms with Gasteiger partial charge >= 0.3 is 5.97 Å². The third kappa shape index (κ3) is 3.56. The number of ether oxygens (including phenoxy) is 1. The van der Waals surface area contributed by atoms with Crippen LogP contribution in [0, 0.1) is 0 Å². The zero-order valence-corrected chi connectivity index (χ0v) is 11.4. The maximum atomic E-state index is 12.1. The van der Waals surface area contributed by atoms with Gasteiger partial charge in [0, 0.05) is 0 Å². The van der Waals surface area contributed by atoms with Gasteiger partial charge in [-0.25, -0.2) is 9.78 Å². The Labute approximate surface area is 121 Å². The molecule has 1 aromatic carbocycles. The van der Waals surface area contributed by atoms with Crippen LogP contribution in [0.25, 0.3) is 0 Å². The number of aromatic carboxylic acids is 1. The van der Waals surface area contributed by atoms with Gasteiger partial charge in [0.1, 0.15) is 17.1 Å². The van der Waals surface area contributed by atoms with Gasteiger partial charge in [0.15, 0.2) is 0 Å². The maximum absolute atomic E-state index is 12.1. The van der Waals surface area contributed by atoms with E-state index in [0.717, 1.165) is 0 Å². The highest BCUT2D eigenvalue weighted by Crippen LogP contribution is 2.24. The quantitative estimate of drug-likeness (QED) is 0.881. The number of carboxylic acids is 1. The summed E-state index contributed by atoms with van der Waals surface area (Å²) in [5.41, 5.74) is 0.355. The summed E-state index contributed by atoms with van der Waals surface area (Å²) in [4.78, 5) is 26.8. The summed E-state index contributed by atoms with van der Waals surface area (Å²) in [5.74, 6) is -1.13. The molecule has 6 heteroatoms.